The number of carbonyl (C=O) groups excluding carboxylic acids is 1. The quantitative estimate of drug-likeness (QED) is 0.609. The van der Waals surface area contributed by atoms with E-state index >= 15 is 0 Å². The standard InChI is InChI=1S/C12H17ClN2O3/c1-5-12(3,18-6-2)11-14-7-8(9(13)15-11)10(16)17-4/h7H,5-6H2,1-4H3. The van der Waals surface area contributed by atoms with Gasteiger partial charge in [0.25, 0.3) is 0 Å². The average molecular weight is 273 g/mol. The lowest BCUT2D eigenvalue weighted by Gasteiger charge is -2.26. The zero-order chi connectivity index (χ0) is 13.8. The van der Waals surface area contributed by atoms with Crippen molar-refractivity contribution in [2.75, 3.05) is 13.7 Å². The Morgan fingerprint density at radius 1 is 1.50 bits per heavy atom. The number of aromatic nitrogens is 2. The number of hydrogen-bond acceptors (Lipinski definition) is 5. The van der Waals surface area contributed by atoms with E-state index in [0.29, 0.717) is 18.9 Å². The zero-order valence-electron chi connectivity index (χ0n) is 11.0. The van der Waals surface area contributed by atoms with Gasteiger partial charge >= 0.3 is 5.97 Å². The van der Waals surface area contributed by atoms with E-state index < -0.39 is 11.6 Å². The SMILES string of the molecule is CCOC(C)(CC)c1ncc(C(=O)OC)c(Cl)n1. The Morgan fingerprint density at radius 3 is 2.61 bits per heavy atom. The van der Waals surface area contributed by atoms with Crippen LogP contribution >= 0.6 is 11.6 Å². The Labute approximate surface area is 111 Å². The largest absolute Gasteiger partial charge is 0.465 e. The van der Waals surface area contributed by atoms with Crippen LogP contribution in [0.25, 0.3) is 0 Å². The highest BCUT2D eigenvalue weighted by Crippen LogP contribution is 2.27. The summed E-state index contributed by atoms with van der Waals surface area (Å²) in [5.41, 5.74) is -0.453. The molecule has 0 amide bonds. The molecule has 1 unspecified atom stereocenters. The lowest BCUT2D eigenvalue weighted by molar-refractivity contribution is -0.0391. The maximum atomic E-state index is 11.4. The molecule has 0 aliphatic heterocycles. The third-order valence-corrected chi connectivity index (χ3v) is 3.05. The Bertz CT molecular complexity index is 439. The molecular weight excluding hydrogens is 256 g/mol. The second kappa shape index (κ2) is 6.11. The first-order valence-corrected chi connectivity index (χ1v) is 6.11. The molecular formula is C12H17ClN2O3. The second-order valence-corrected chi connectivity index (χ2v) is 4.27. The maximum absolute atomic E-state index is 11.4. The highest BCUT2D eigenvalue weighted by molar-refractivity contribution is 6.32. The highest BCUT2D eigenvalue weighted by atomic mass is 35.5. The van der Waals surface area contributed by atoms with Crippen LogP contribution < -0.4 is 0 Å². The monoisotopic (exact) mass is 272 g/mol. The summed E-state index contributed by atoms with van der Waals surface area (Å²) in [5.74, 6) is -0.0920. The molecule has 0 aliphatic carbocycles. The van der Waals surface area contributed by atoms with Crippen molar-refractivity contribution >= 4 is 17.6 Å². The van der Waals surface area contributed by atoms with Crippen molar-refractivity contribution in [1.82, 2.24) is 9.97 Å². The number of ether oxygens (including phenoxy) is 2. The molecule has 0 aliphatic rings. The minimum Gasteiger partial charge on any atom is -0.465 e. The predicted molar refractivity (Wildman–Crippen MR) is 67.7 cm³/mol. The fourth-order valence-corrected chi connectivity index (χ4v) is 1.71. The van der Waals surface area contributed by atoms with Crippen molar-refractivity contribution in [1.29, 1.82) is 0 Å². The van der Waals surface area contributed by atoms with Crippen LogP contribution in [0.1, 0.15) is 43.4 Å². The molecule has 6 heteroatoms. The summed E-state index contributed by atoms with van der Waals surface area (Å²) in [6.07, 6.45) is 2.07. The van der Waals surface area contributed by atoms with Gasteiger partial charge in [0, 0.05) is 12.8 Å². The molecule has 0 aromatic carbocycles. The number of hydrogen-bond donors (Lipinski definition) is 0. The molecule has 18 heavy (non-hydrogen) atoms. The summed E-state index contributed by atoms with van der Waals surface area (Å²) in [6.45, 7) is 6.31. The average Bonchev–Trinajstić information content (AvgIpc) is 2.37. The first kappa shape index (κ1) is 14.9. The van der Waals surface area contributed by atoms with E-state index in [1.807, 2.05) is 20.8 Å². The van der Waals surface area contributed by atoms with E-state index in [1.54, 1.807) is 0 Å². The molecule has 1 rings (SSSR count). The summed E-state index contributed by atoms with van der Waals surface area (Å²) < 4.78 is 10.2. The molecule has 1 atom stereocenters. The number of halogens is 1. The number of carbonyl (C=O) groups is 1. The topological polar surface area (TPSA) is 61.3 Å². The van der Waals surface area contributed by atoms with Crippen molar-refractivity contribution in [3.8, 4) is 0 Å². The normalized spacial score (nSPS) is 14.1. The first-order valence-electron chi connectivity index (χ1n) is 5.73. The fourth-order valence-electron chi connectivity index (χ4n) is 1.51. The summed E-state index contributed by atoms with van der Waals surface area (Å²) in [4.78, 5) is 19.7. The number of esters is 1. The summed E-state index contributed by atoms with van der Waals surface area (Å²) in [6, 6.07) is 0. The third kappa shape index (κ3) is 2.97. The summed E-state index contributed by atoms with van der Waals surface area (Å²) >= 11 is 5.96. The van der Waals surface area contributed by atoms with Gasteiger partial charge in [0.05, 0.1) is 7.11 Å². The van der Waals surface area contributed by atoms with Crippen molar-refractivity contribution in [2.24, 2.45) is 0 Å². The van der Waals surface area contributed by atoms with Crippen LogP contribution in [0.3, 0.4) is 0 Å². The molecule has 0 N–H and O–H groups in total. The van der Waals surface area contributed by atoms with Crippen molar-refractivity contribution in [2.45, 2.75) is 32.8 Å². The Kier molecular flexibility index (Phi) is 5.04. The van der Waals surface area contributed by atoms with Gasteiger partial charge in [0.1, 0.15) is 16.3 Å². The van der Waals surface area contributed by atoms with Crippen molar-refractivity contribution in [3.05, 3.63) is 22.7 Å². The molecule has 0 fully saturated rings. The third-order valence-electron chi connectivity index (χ3n) is 2.76. The minimum absolute atomic E-state index is 0.0752. The van der Waals surface area contributed by atoms with Gasteiger partial charge in [-0.1, -0.05) is 18.5 Å². The second-order valence-electron chi connectivity index (χ2n) is 3.91. The molecule has 0 saturated heterocycles. The smallest absolute Gasteiger partial charge is 0.342 e. The van der Waals surface area contributed by atoms with Crippen LogP contribution in [-0.4, -0.2) is 29.7 Å². The molecule has 0 saturated carbocycles. The van der Waals surface area contributed by atoms with Gasteiger partial charge in [-0.05, 0) is 20.3 Å². The Hall–Kier alpha value is -1.20. The molecule has 1 aromatic rings. The minimum atomic E-state index is -0.604. The van der Waals surface area contributed by atoms with Crippen LogP contribution in [-0.2, 0) is 15.1 Å². The first-order chi connectivity index (χ1) is 8.48. The number of methoxy groups -OCH3 is 1. The maximum Gasteiger partial charge on any atom is 0.342 e. The molecule has 100 valence electrons. The van der Waals surface area contributed by atoms with E-state index in [9.17, 15) is 4.79 Å². The van der Waals surface area contributed by atoms with Crippen LogP contribution in [0, 0.1) is 0 Å². The zero-order valence-corrected chi connectivity index (χ0v) is 11.7. The van der Waals surface area contributed by atoms with Crippen LogP contribution in [0.5, 0.6) is 0 Å². The van der Waals surface area contributed by atoms with Crippen LogP contribution in [0.15, 0.2) is 6.20 Å². The number of nitrogens with zero attached hydrogens (tertiary/aromatic N) is 2. The van der Waals surface area contributed by atoms with Crippen molar-refractivity contribution in [3.63, 3.8) is 0 Å². The molecule has 1 aromatic heterocycles. The van der Waals surface area contributed by atoms with E-state index in [2.05, 4.69) is 14.7 Å². The summed E-state index contributed by atoms with van der Waals surface area (Å²) in [5, 5.41) is 0.0752. The summed E-state index contributed by atoms with van der Waals surface area (Å²) in [7, 11) is 1.28. The molecule has 0 bridgehead atoms. The molecule has 0 radical (unpaired) electrons. The van der Waals surface area contributed by atoms with Gasteiger partial charge in [-0.25, -0.2) is 14.8 Å². The van der Waals surface area contributed by atoms with Gasteiger partial charge in [0.15, 0.2) is 5.82 Å². The van der Waals surface area contributed by atoms with E-state index in [0.717, 1.165) is 0 Å². The predicted octanol–water partition coefficient (Wildman–Crippen LogP) is 2.58. The van der Waals surface area contributed by atoms with E-state index in [-0.39, 0.29) is 10.7 Å². The van der Waals surface area contributed by atoms with Crippen molar-refractivity contribution < 1.29 is 14.3 Å². The molecule has 5 nitrogen and oxygen atoms in total. The molecule has 0 spiro atoms. The Balaban J connectivity index is 3.13. The highest BCUT2D eigenvalue weighted by Gasteiger charge is 2.29. The lowest BCUT2D eigenvalue weighted by Crippen LogP contribution is -2.28. The van der Waals surface area contributed by atoms with Gasteiger partial charge < -0.3 is 9.47 Å². The number of rotatable bonds is 5. The van der Waals surface area contributed by atoms with Gasteiger partial charge in [-0.3, -0.25) is 0 Å². The van der Waals surface area contributed by atoms with Gasteiger partial charge in [-0.2, -0.15) is 0 Å². The van der Waals surface area contributed by atoms with E-state index in [4.69, 9.17) is 16.3 Å². The van der Waals surface area contributed by atoms with Gasteiger partial charge in [-0.15, -0.1) is 0 Å². The Morgan fingerprint density at radius 2 is 2.17 bits per heavy atom. The lowest BCUT2D eigenvalue weighted by atomic mass is 10.0. The molecule has 1 heterocycles. The van der Waals surface area contributed by atoms with Gasteiger partial charge in [0.2, 0.25) is 0 Å². The fraction of sp³-hybridized carbons (Fsp3) is 0.583. The van der Waals surface area contributed by atoms with Crippen LogP contribution in [0.4, 0.5) is 0 Å². The van der Waals surface area contributed by atoms with E-state index in [1.165, 1.54) is 13.3 Å². The van der Waals surface area contributed by atoms with Crippen LogP contribution in [0.2, 0.25) is 5.15 Å².